The molecule has 3 aromatic rings. The van der Waals surface area contributed by atoms with E-state index in [1.807, 2.05) is 42.5 Å². The molecular weight excluding hydrogens is 394 g/mol. The standard InChI is InChI=1S/C21H22ClN3O2S/c1-15-5-4-6-17(13-15)26-11-12-28-21-24-23-20(25(21)16-9-10-16)14-27-19-8-3-2-7-18(19)22/h2-8,13,16H,9-12,14H2,1H3. The van der Waals surface area contributed by atoms with Crippen LogP contribution in [0.4, 0.5) is 0 Å². The largest absolute Gasteiger partial charge is 0.493 e. The van der Waals surface area contributed by atoms with E-state index in [0.717, 1.165) is 35.3 Å². The molecule has 4 rings (SSSR count). The molecule has 1 saturated carbocycles. The predicted molar refractivity (Wildman–Crippen MR) is 111 cm³/mol. The maximum absolute atomic E-state index is 6.17. The average molecular weight is 416 g/mol. The van der Waals surface area contributed by atoms with Crippen LogP contribution >= 0.6 is 23.4 Å². The first-order valence-electron chi connectivity index (χ1n) is 9.34. The van der Waals surface area contributed by atoms with E-state index in [1.165, 1.54) is 5.56 Å². The third-order valence-electron chi connectivity index (χ3n) is 4.41. The van der Waals surface area contributed by atoms with Gasteiger partial charge in [-0.3, -0.25) is 0 Å². The van der Waals surface area contributed by atoms with E-state index < -0.39 is 0 Å². The third-order valence-corrected chi connectivity index (χ3v) is 5.63. The molecule has 5 nitrogen and oxygen atoms in total. The van der Waals surface area contributed by atoms with Crippen LogP contribution in [0, 0.1) is 6.92 Å². The number of nitrogens with zero attached hydrogens (tertiary/aromatic N) is 3. The zero-order chi connectivity index (χ0) is 19.3. The van der Waals surface area contributed by atoms with Gasteiger partial charge in [-0.25, -0.2) is 0 Å². The van der Waals surface area contributed by atoms with Gasteiger partial charge in [0.2, 0.25) is 0 Å². The van der Waals surface area contributed by atoms with Gasteiger partial charge in [0.05, 0.1) is 11.6 Å². The highest BCUT2D eigenvalue weighted by molar-refractivity contribution is 7.99. The minimum Gasteiger partial charge on any atom is -0.493 e. The molecule has 0 saturated heterocycles. The first-order valence-corrected chi connectivity index (χ1v) is 10.7. The summed E-state index contributed by atoms with van der Waals surface area (Å²) in [5, 5.41) is 10.3. The Morgan fingerprint density at radius 1 is 1.11 bits per heavy atom. The van der Waals surface area contributed by atoms with Gasteiger partial charge in [0.1, 0.15) is 18.1 Å². The molecule has 0 atom stereocenters. The third kappa shape index (κ3) is 4.80. The van der Waals surface area contributed by atoms with Gasteiger partial charge in [0.15, 0.2) is 11.0 Å². The van der Waals surface area contributed by atoms with Gasteiger partial charge in [0, 0.05) is 11.8 Å². The van der Waals surface area contributed by atoms with Crippen LogP contribution < -0.4 is 9.47 Å². The highest BCUT2D eigenvalue weighted by Crippen LogP contribution is 2.39. The number of para-hydroxylation sites is 1. The van der Waals surface area contributed by atoms with Crippen molar-refractivity contribution in [2.24, 2.45) is 0 Å². The van der Waals surface area contributed by atoms with Crippen molar-refractivity contribution in [3.8, 4) is 11.5 Å². The van der Waals surface area contributed by atoms with Crippen molar-refractivity contribution >= 4 is 23.4 Å². The summed E-state index contributed by atoms with van der Waals surface area (Å²) >= 11 is 7.84. The molecule has 1 heterocycles. The highest BCUT2D eigenvalue weighted by Gasteiger charge is 2.29. The minimum absolute atomic E-state index is 0.355. The Morgan fingerprint density at radius 2 is 1.96 bits per heavy atom. The molecule has 0 spiro atoms. The molecular formula is C21H22ClN3O2S. The lowest BCUT2D eigenvalue weighted by Gasteiger charge is -2.11. The quantitative estimate of drug-likeness (QED) is 0.349. The molecule has 28 heavy (non-hydrogen) atoms. The number of hydrogen-bond donors (Lipinski definition) is 0. The summed E-state index contributed by atoms with van der Waals surface area (Å²) in [6.45, 7) is 3.04. The number of ether oxygens (including phenoxy) is 2. The number of benzene rings is 2. The molecule has 1 aromatic heterocycles. The number of aromatic nitrogens is 3. The zero-order valence-electron chi connectivity index (χ0n) is 15.7. The normalized spacial score (nSPS) is 13.5. The summed E-state index contributed by atoms with van der Waals surface area (Å²) in [4.78, 5) is 0. The monoisotopic (exact) mass is 415 g/mol. The Morgan fingerprint density at radius 3 is 2.75 bits per heavy atom. The summed E-state index contributed by atoms with van der Waals surface area (Å²) < 4.78 is 13.9. The molecule has 1 fully saturated rings. The van der Waals surface area contributed by atoms with Gasteiger partial charge >= 0.3 is 0 Å². The maximum atomic E-state index is 6.17. The molecule has 1 aliphatic rings. The Balaban J connectivity index is 1.35. The van der Waals surface area contributed by atoms with Crippen molar-refractivity contribution in [2.45, 2.75) is 37.6 Å². The topological polar surface area (TPSA) is 49.2 Å². The van der Waals surface area contributed by atoms with Crippen molar-refractivity contribution in [3.05, 3.63) is 64.9 Å². The lowest BCUT2D eigenvalue weighted by Crippen LogP contribution is -2.08. The van der Waals surface area contributed by atoms with E-state index in [4.69, 9.17) is 21.1 Å². The maximum Gasteiger partial charge on any atom is 0.191 e. The average Bonchev–Trinajstić information content (AvgIpc) is 3.45. The van der Waals surface area contributed by atoms with E-state index in [1.54, 1.807) is 11.8 Å². The molecule has 0 aliphatic heterocycles. The second-order valence-corrected chi connectivity index (χ2v) is 8.20. The highest BCUT2D eigenvalue weighted by atomic mass is 35.5. The van der Waals surface area contributed by atoms with Crippen LogP contribution in [0.2, 0.25) is 5.02 Å². The Kier molecular flexibility index (Phi) is 6.07. The van der Waals surface area contributed by atoms with Gasteiger partial charge in [-0.2, -0.15) is 0 Å². The smallest absolute Gasteiger partial charge is 0.191 e. The fourth-order valence-electron chi connectivity index (χ4n) is 2.91. The fraction of sp³-hybridized carbons (Fsp3) is 0.333. The minimum atomic E-state index is 0.355. The van der Waals surface area contributed by atoms with Crippen LogP contribution in [-0.2, 0) is 6.61 Å². The molecule has 146 valence electrons. The zero-order valence-corrected chi connectivity index (χ0v) is 17.2. The van der Waals surface area contributed by atoms with Crippen molar-refractivity contribution in [1.29, 1.82) is 0 Å². The van der Waals surface area contributed by atoms with E-state index in [9.17, 15) is 0 Å². The number of halogens is 1. The second kappa shape index (κ2) is 8.88. The number of rotatable bonds is 9. The molecule has 0 amide bonds. The predicted octanol–water partition coefficient (Wildman–Crippen LogP) is 5.32. The molecule has 1 aliphatic carbocycles. The summed E-state index contributed by atoms with van der Waals surface area (Å²) in [5.74, 6) is 3.21. The lowest BCUT2D eigenvalue weighted by atomic mass is 10.2. The summed E-state index contributed by atoms with van der Waals surface area (Å²) in [6.07, 6.45) is 2.31. The van der Waals surface area contributed by atoms with E-state index in [-0.39, 0.29) is 0 Å². The van der Waals surface area contributed by atoms with E-state index in [2.05, 4.69) is 27.8 Å². The van der Waals surface area contributed by atoms with Crippen LogP contribution in [0.5, 0.6) is 11.5 Å². The first kappa shape index (κ1) is 19.2. The number of hydrogen-bond acceptors (Lipinski definition) is 5. The van der Waals surface area contributed by atoms with Crippen molar-refractivity contribution in [2.75, 3.05) is 12.4 Å². The summed E-state index contributed by atoms with van der Waals surface area (Å²) in [6, 6.07) is 16.0. The second-order valence-electron chi connectivity index (χ2n) is 6.73. The van der Waals surface area contributed by atoms with Gasteiger partial charge in [-0.05, 0) is 49.6 Å². The van der Waals surface area contributed by atoms with Crippen LogP contribution in [0.25, 0.3) is 0 Å². The van der Waals surface area contributed by atoms with Crippen LogP contribution in [0.15, 0.2) is 53.7 Å². The number of thioether (sulfide) groups is 1. The van der Waals surface area contributed by atoms with E-state index >= 15 is 0 Å². The van der Waals surface area contributed by atoms with Crippen LogP contribution in [0.3, 0.4) is 0 Å². The summed E-state index contributed by atoms with van der Waals surface area (Å²) in [7, 11) is 0. The molecule has 0 unspecified atom stereocenters. The SMILES string of the molecule is Cc1cccc(OCCSc2nnc(COc3ccccc3Cl)n2C2CC2)c1. The molecule has 0 radical (unpaired) electrons. The number of aryl methyl sites for hydroxylation is 1. The molecule has 2 aromatic carbocycles. The van der Waals surface area contributed by atoms with Crippen LogP contribution in [-0.4, -0.2) is 27.1 Å². The fourth-order valence-corrected chi connectivity index (χ4v) is 3.94. The Labute approximate surface area is 174 Å². The summed E-state index contributed by atoms with van der Waals surface area (Å²) in [5.41, 5.74) is 1.20. The molecule has 7 heteroatoms. The lowest BCUT2D eigenvalue weighted by molar-refractivity contribution is 0.288. The van der Waals surface area contributed by atoms with Gasteiger partial charge < -0.3 is 14.0 Å². The van der Waals surface area contributed by atoms with Gasteiger partial charge in [-0.15, -0.1) is 10.2 Å². The van der Waals surface area contributed by atoms with Gasteiger partial charge in [-0.1, -0.05) is 47.6 Å². The van der Waals surface area contributed by atoms with Crippen molar-refractivity contribution in [1.82, 2.24) is 14.8 Å². The molecule has 0 N–H and O–H groups in total. The van der Waals surface area contributed by atoms with Crippen molar-refractivity contribution in [3.63, 3.8) is 0 Å². The Bertz CT molecular complexity index is 943. The Hall–Kier alpha value is -2.18. The van der Waals surface area contributed by atoms with E-state index in [0.29, 0.717) is 30.0 Å². The first-order chi connectivity index (χ1) is 13.7. The van der Waals surface area contributed by atoms with Gasteiger partial charge in [0.25, 0.3) is 0 Å². The van der Waals surface area contributed by atoms with Crippen LogP contribution in [0.1, 0.15) is 30.3 Å². The van der Waals surface area contributed by atoms with Crippen molar-refractivity contribution < 1.29 is 9.47 Å². The molecule has 0 bridgehead atoms.